The van der Waals surface area contributed by atoms with E-state index < -0.39 is 0 Å². The van der Waals surface area contributed by atoms with Crippen molar-refractivity contribution >= 4 is 11.0 Å². The maximum Gasteiger partial charge on any atom is 0.107 e. The SMILES string of the molecule is CCCCCCCc1nc2ccncc2nc1CCCCCCC. The van der Waals surface area contributed by atoms with Crippen molar-refractivity contribution in [2.75, 3.05) is 0 Å². The van der Waals surface area contributed by atoms with E-state index in [0.29, 0.717) is 0 Å². The first kappa shape index (κ1) is 18.8. The fraction of sp³-hybridized carbons (Fsp3) is 0.667. The van der Waals surface area contributed by atoms with E-state index in [9.17, 15) is 0 Å². The van der Waals surface area contributed by atoms with Gasteiger partial charge in [-0.3, -0.25) is 4.98 Å². The Bertz CT molecular complexity index is 542. The fourth-order valence-electron chi connectivity index (χ4n) is 3.17. The molecule has 0 atom stereocenters. The van der Waals surface area contributed by atoms with E-state index in [2.05, 4.69) is 18.8 Å². The highest BCUT2D eigenvalue weighted by molar-refractivity contribution is 5.72. The maximum atomic E-state index is 4.91. The Labute approximate surface area is 147 Å². The second-order valence-corrected chi connectivity index (χ2v) is 6.81. The molecule has 0 bridgehead atoms. The van der Waals surface area contributed by atoms with Crippen LogP contribution in [0.3, 0.4) is 0 Å². The third-order valence-electron chi connectivity index (χ3n) is 4.66. The van der Waals surface area contributed by atoms with Crippen LogP contribution >= 0.6 is 0 Å². The summed E-state index contributed by atoms with van der Waals surface area (Å²) in [5.74, 6) is 0. The molecule has 132 valence electrons. The molecule has 2 aromatic rings. The summed E-state index contributed by atoms with van der Waals surface area (Å²) < 4.78 is 0. The van der Waals surface area contributed by atoms with Crippen LogP contribution in [0.5, 0.6) is 0 Å². The molecule has 2 rings (SSSR count). The molecule has 0 N–H and O–H groups in total. The molecule has 0 saturated carbocycles. The summed E-state index contributed by atoms with van der Waals surface area (Å²) in [6.45, 7) is 4.53. The molecule has 0 spiro atoms. The highest BCUT2D eigenvalue weighted by Crippen LogP contribution is 2.17. The van der Waals surface area contributed by atoms with Crippen molar-refractivity contribution in [2.24, 2.45) is 0 Å². The molecule has 3 nitrogen and oxygen atoms in total. The van der Waals surface area contributed by atoms with Crippen LogP contribution in [0.25, 0.3) is 11.0 Å². The highest BCUT2D eigenvalue weighted by Gasteiger charge is 2.09. The average Bonchev–Trinajstić information content (AvgIpc) is 2.61. The quantitative estimate of drug-likeness (QED) is 0.445. The van der Waals surface area contributed by atoms with Gasteiger partial charge in [-0.1, -0.05) is 65.2 Å². The third-order valence-corrected chi connectivity index (χ3v) is 4.66. The summed E-state index contributed by atoms with van der Waals surface area (Å²) in [6, 6.07) is 1.98. The molecule has 0 amide bonds. The number of rotatable bonds is 12. The number of aromatic nitrogens is 3. The molecule has 0 aliphatic rings. The van der Waals surface area contributed by atoms with Crippen molar-refractivity contribution in [2.45, 2.75) is 90.9 Å². The first-order valence-corrected chi connectivity index (χ1v) is 9.94. The molecular weight excluding hydrogens is 294 g/mol. The van der Waals surface area contributed by atoms with Gasteiger partial charge in [-0.05, 0) is 31.7 Å². The summed E-state index contributed by atoms with van der Waals surface area (Å²) in [6.07, 6.45) is 18.8. The van der Waals surface area contributed by atoms with Crippen molar-refractivity contribution in [1.82, 2.24) is 15.0 Å². The first-order chi connectivity index (χ1) is 11.8. The summed E-state index contributed by atoms with van der Waals surface area (Å²) in [4.78, 5) is 14.0. The van der Waals surface area contributed by atoms with Crippen LogP contribution < -0.4 is 0 Å². The van der Waals surface area contributed by atoms with Crippen LogP contribution in [0.2, 0.25) is 0 Å². The third kappa shape index (κ3) is 6.18. The Morgan fingerprint density at radius 2 is 1.21 bits per heavy atom. The van der Waals surface area contributed by atoms with Crippen LogP contribution in [0.4, 0.5) is 0 Å². The minimum atomic E-state index is 0.941. The van der Waals surface area contributed by atoms with E-state index in [-0.39, 0.29) is 0 Å². The Morgan fingerprint density at radius 3 is 1.79 bits per heavy atom. The minimum Gasteiger partial charge on any atom is -0.262 e. The van der Waals surface area contributed by atoms with Crippen molar-refractivity contribution in [3.63, 3.8) is 0 Å². The number of aryl methyl sites for hydroxylation is 2. The second kappa shape index (κ2) is 11.1. The Kier molecular flexibility index (Phi) is 8.72. The molecule has 0 aliphatic carbocycles. The normalized spacial score (nSPS) is 11.2. The van der Waals surface area contributed by atoms with Gasteiger partial charge in [0.15, 0.2) is 0 Å². The van der Waals surface area contributed by atoms with Gasteiger partial charge in [0.2, 0.25) is 0 Å². The lowest BCUT2D eigenvalue weighted by Gasteiger charge is -2.10. The number of pyridine rings is 1. The van der Waals surface area contributed by atoms with Gasteiger partial charge in [0.25, 0.3) is 0 Å². The number of hydrogen-bond donors (Lipinski definition) is 0. The number of hydrogen-bond acceptors (Lipinski definition) is 3. The smallest absolute Gasteiger partial charge is 0.107 e. The van der Waals surface area contributed by atoms with Gasteiger partial charge in [0.05, 0.1) is 23.1 Å². The summed E-state index contributed by atoms with van der Waals surface area (Å²) in [7, 11) is 0. The van der Waals surface area contributed by atoms with Gasteiger partial charge < -0.3 is 0 Å². The topological polar surface area (TPSA) is 38.7 Å². The van der Waals surface area contributed by atoms with Crippen LogP contribution in [0.15, 0.2) is 18.5 Å². The van der Waals surface area contributed by atoms with Crippen LogP contribution in [-0.2, 0) is 12.8 Å². The van der Waals surface area contributed by atoms with Crippen molar-refractivity contribution in [3.8, 4) is 0 Å². The van der Waals surface area contributed by atoms with E-state index in [4.69, 9.17) is 9.97 Å². The molecule has 3 heteroatoms. The predicted octanol–water partition coefficient (Wildman–Crippen LogP) is 6.05. The molecule has 2 aromatic heterocycles. The summed E-state index contributed by atoms with van der Waals surface area (Å²) in [5.41, 5.74) is 4.36. The Morgan fingerprint density at radius 1 is 0.667 bits per heavy atom. The second-order valence-electron chi connectivity index (χ2n) is 6.81. The summed E-state index contributed by atoms with van der Waals surface area (Å²) >= 11 is 0. The number of fused-ring (bicyclic) bond motifs is 1. The molecule has 0 fully saturated rings. The zero-order valence-electron chi connectivity index (χ0n) is 15.6. The molecular formula is C21H33N3. The average molecular weight is 328 g/mol. The molecule has 0 aliphatic heterocycles. The van der Waals surface area contributed by atoms with Crippen LogP contribution in [0.1, 0.15) is 89.4 Å². The van der Waals surface area contributed by atoms with Gasteiger partial charge in [-0.2, -0.15) is 0 Å². The van der Waals surface area contributed by atoms with Crippen molar-refractivity contribution in [1.29, 1.82) is 0 Å². The Balaban J connectivity index is 1.99. The monoisotopic (exact) mass is 327 g/mol. The van der Waals surface area contributed by atoms with Crippen molar-refractivity contribution in [3.05, 3.63) is 29.8 Å². The lowest BCUT2D eigenvalue weighted by molar-refractivity contribution is 0.612. The number of nitrogens with zero attached hydrogens (tertiary/aromatic N) is 3. The van der Waals surface area contributed by atoms with Crippen molar-refractivity contribution < 1.29 is 0 Å². The van der Waals surface area contributed by atoms with E-state index in [1.807, 2.05) is 18.5 Å². The number of unbranched alkanes of at least 4 members (excludes halogenated alkanes) is 8. The Hall–Kier alpha value is -1.51. The standard InChI is InChI=1S/C21H33N3/c1-3-5-7-9-11-13-18-19(14-12-10-8-6-4-2)24-21-17-22-16-15-20(21)23-18/h15-17H,3-14H2,1-2H3. The maximum absolute atomic E-state index is 4.91. The lowest BCUT2D eigenvalue weighted by Crippen LogP contribution is -2.03. The zero-order chi connectivity index (χ0) is 17.0. The molecule has 0 unspecified atom stereocenters. The van der Waals surface area contributed by atoms with E-state index in [0.717, 1.165) is 23.9 Å². The molecule has 0 aromatic carbocycles. The molecule has 24 heavy (non-hydrogen) atoms. The van der Waals surface area contributed by atoms with E-state index >= 15 is 0 Å². The van der Waals surface area contributed by atoms with Gasteiger partial charge in [0, 0.05) is 6.20 Å². The van der Waals surface area contributed by atoms with E-state index in [1.54, 1.807) is 0 Å². The van der Waals surface area contributed by atoms with Gasteiger partial charge >= 0.3 is 0 Å². The molecule has 0 radical (unpaired) electrons. The lowest BCUT2D eigenvalue weighted by atomic mass is 10.0. The molecule has 2 heterocycles. The summed E-state index contributed by atoms with van der Waals surface area (Å²) in [5, 5.41) is 0. The zero-order valence-corrected chi connectivity index (χ0v) is 15.6. The predicted molar refractivity (Wildman–Crippen MR) is 102 cm³/mol. The fourth-order valence-corrected chi connectivity index (χ4v) is 3.17. The van der Waals surface area contributed by atoms with Crippen LogP contribution in [-0.4, -0.2) is 15.0 Å². The van der Waals surface area contributed by atoms with Crippen LogP contribution in [0, 0.1) is 0 Å². The highest BCUT2D eigenvalue weighted by atomic mass is 14.8. The first-order valence-electron chi connectivity index (χ1n) is 9.94. The van der Waals surface area contributed by atoms with Gasteiger partial charge in [-0.25, -0.2) is 9.97 Å². The van der Waals surface area contributed by atoms with Gasteiger partial charge in [0.1, 0.15) is 5.52 Å². The minimum absolute atomic E-state index is 0.941. The largest absolute Gasteiger partial charge is 0.262 e. The van der Waals surface area contributed by atoms with E-state index in [1.165, 1.54) is 75.6 Å². The van der Waals surface area contributed by atoms with Gasteiger partial charge in [-0.15, -0.1) is 0 Å². The molecule has 0 saturated heterocycles.